The standard InChI is InChI=1S/C28H32N6O5/c1-27(2,3)22-14-23(32-39-22)31-25(35)34-12-9-17-13-18(7-8-21(17)34)37-24-19-10-11-33(15-20(19)29-16-30-24)26(36)38-28(4,5)6/h7-9,12-14,16H,10-11,15H2,1-6H3,(H,31,32,35)/p+1. The maximum absolute atomic E-state index is 12.9. The highest BCUT2D eigenvalue weighted by molar-refractivity contribution is 5.98. The van der Waals surface area contributed by atoms with Gasteiger partial charge in [0.2, 0.25) is 0 Å². The SMILES string of the molecule is CC(C)(C)OC(=O)N1CCc2c(nc[nH+]c2Oc2ccc3c(ccn3C(=O)Nc3cc(C(C)(C)C)on3)c2)C1. The van der Waals surface area contributed by atoms with E-state index in [1.54, 1.807) is 29.6 Å². The summed E-state index contributed by atoms with van der Waals surface area (Å²) >= 11 is 0. The summed E-state index contributed by atoms with van der Waals surface area (Å²) in [6, 6.07) is 8.72. The van der Waals surface area contributed by atoms with Gasteiger partial charge in [-0.2, -0.15) is 0 Å². The molecule has 0 saturated carbocycles. The van der Waals surface area contributed by atoms with Crippen LogP contribution in [0, 0.1) is 0 Å². The molecule has 3 aromatic heterocycles. The van der Waals surface area contributed by atoms with Crippen LogP contribution in [0.4, 0.5) is 15.4 Å². The van der Waals surface area contributed by atoms with Crippen molar-refractivity contribution >= 4 is 28.8 Å². The molecule has 0 unspecified atom stereocenters. The van der Waals surface area contributed by atoms with Gasteiger partial charge in [-0.25, -0.2) is 14.6 Å². The van der Waals surface area contributed by atoms with E-state index in [2.05, 4.69) is 20.4 Å². The molecule has 2 amide bonds. The zero-order valence-electron chi connectivity index (χ0n) is 23.0. The average Bonchev–Trinajstić information content (AvgIpc) is 3.50. The highest BCUT2D eigenvalue weighted by Gasteiger charge is 2.31. The quantitative estimate of drug-likeness (QED) is 0.379. The van der Waals surface area contributed by atoms with E-state index in [0.717, 1.165) is 16.6 Å². The highest BCUT2D eigenvalue weighted by Crippen LogP contribution is 2.30. The largest absolute Gasteiger partial charge is 0.444 e. The lowest BCUT2D eigenvalue weighted by molar-refractivity contribution is -0.396. The zero-order valence-corrected chi connectivity index (χ0v) is 23.0. The number of benzene rings is 1. The van der Waals surface area contributed by atoms with Gasteiger partial charge in [0.05, 0.1) is 17.6 Å². The lowest BCUT2D eigenvalue weighted by Gasteiger charge is -2.29. The first kappa shape index (κ1) is 26.2. The number of hydrogen-bond donors (Lipinski definition) is 1. The molecule has 0 fully saturated rings. The Hall–Kier alpha value is -4.41. The van der Waals surface area contributed by atoms with E-state index in [0.29, 0.717) is 48.2 Å². The first-order valence-electron chi connectivity index (χ1n) is 12.8. The molecular weight excluding hydrogens is 500 g/mol. The van der Waals surface area contributed by atoms with Crippen molar-refractivity contribution in [2.45, 2.75) is 65.5 Å². The molecule has 0 atom stereocenters. The van der Waals surface area contributed by atoms with Crippen LogP contribution in [0.3, 0.4) is 0 Å². The predicted molar refractivity (Wildman–Crippen MR) is 143 cm³/mol. The summed E-state index contributed by atoms with van der Waals surface area (Å²) in [5.41, 5.74) is 1.61. The number of carbonyl (C=O) groups is 2. The first-order chi connectivity index (χ1) is 18.4. The molecule has 0 radical (unpaired) electrons. The maximum atomic E-state index is 12.9. The molecule has 11 nitrogen and oxygen atoms in total. The van der Waals surface area contributed by atoms with Crippen LogP contribution in [0.5, 0.6) is 11.6 Å². The van der Waals surface area contributed by atoms with Crippen molar-refractivity contribution in [1.29, 1.82) is 0 Å². The number of hydrogen-bond acceptors (Lipinski definition) is 7. The van der Waals surface area contributed by atoms with Gasteiger partial charge in [-0.05, 0) is 45.0 Å². The maximum Gasteiger partial charge on any atom is 0.410 e. The van der Waals surface area contributed by atoms with E-state index in [-0.39, 0.29) is 17.5 Å². The molecule has 4 heterocycles. The molecule has 11 heteroatoms. The smallest absolute Gasteiger partial charge is 0.410 e. The van der Waals surface area contributed by atoms with Crippen LogP contribution in [0.2, 0.25) is 0 Å². The monoisotopic (exact) mass is 533 g/mol. The van der Waals surface area contributed by atoms with E-state index in [9.17, 15) is 9.59 Å². The number of rotatable bonds is 3. The molecule has 0 bridgehead atoms. The number of amides is 2. The number of H-pyrrole nitrogens is 1. The number of carbonyl (C=O) groups excluding carboxylic acids is 2. The Morgan fingerprint density at radius 3 is 2.62 bits per heavy atom. The minimum Gasteiger partial charge on any atom is -0.444 e. The number of nitrogens with one attached hydrogen (secondary N) is 2. The van der Waals surface area contributed by atoms with Gasteiger partial charge in [0.15, 0.2) is 11.5 Å². The molecule has 2 N–H and O–H groups in total. The number of nitrogens with zero attached hydrogens (tertiary/aromatic N) is 4. The molecule has 1 aromatic carbocycles. The van der Waals surface area contributed by atoms with Crippen molar-refractivity contribution in [3.8, 4) is 11.6 Å². The minimum atomic E-state index is -0.562. The molecular formula is C28H33N6O5+. The van der Waals surface area contributed by atoms with Gasteiger partial charge in [0.1, 0.15) is 17.1 Å². The fourth-order valence-corrected chi connectivity index (χ4v) is 4.28. The van der Waals surface area contributed by atoms with Gasteiger partial charge in [-0.1, -0.05) is 30.9 Å². The average molecular weight is 534 g/mol. The second kappa shape index (κ2) is 9.72. The van der Waals surface area contributed by atoms with Crippen molar-refractivity contribution in [2.75, 3.05) is 11.9 Å². The van der Waals surface area contributed by atoms with Gasteiger partial charge in [-0.15, -0.1) is 0 Å². The highest BCUT2D eigenvalue weighted by atomic mass is 16.6. The zero-order chi connectivity index (χ0) is 27.9. The van der Waals surface area contributed by atoms with Crippen LogP contribution >= 0.6 is 0 Å². The van der Waals surface area contributed by atoms with Crippen molar-refractivity contribution in [3.05, 3.63) is 59.9 Å². The Labute approximate surface area is 226 Å². The summed E-state index contributed by atoms with van der Waals surface area (Å²) in [4.78, 5) is 34.6. The third kappa shape index (κ3) is 5.71. The summed E-state index contributed by atoms with van der Waals surface area (Å²) in [6.45, 7) is 12.4. The molecule has 0 spiro atoms. The number of aromatic nitrogens is 4. The van der Waals surface area contributed by atoms with Gasteiger partial charge < -0.3 is 14.0 Å². The van der Waals surface area contributed by atoms with Crippen LogP contribution in [-0.2, 0) is 23.1 Å². The van der Waals surface area contributed by atoms with Crippen LogP contribution in [-0.4, -0.2) is 43.9 Å². The predicted octanol–water partition coefficient (Wildman–Crippen LogP) is 5.30. The van der Waals surface area contributed by atoms with Crippen molar-refractivity contribution in [3.63, 3.8) is 0 Å². The topological polar surface area (TPSA) is 126 Å². The summed E-state index contributed by atoms with van der Waals surface area (Å²) in [5, 5.41) is 7.57. The Balaban J connectivity index is 1.30. The second-order valence-electron chi connectivity index (χ2n) is 11.6. The lowest BCUT2D eigenvalue weighted by Crippen LogP contribution is -2.40. The van der Waals surface area contributed by atoms with Crippen LogP contribution in [0.1, 0.15) is 58.6 Å². The molecule has 39 heavy (non-hydrogen) atoms. The Morgan fingerprint density at radius 1 is 1.10 bits per heavy atom. The third-order valence-corrected chi connectivity index (χ3v) is 6.25. The van der Waals surface area contributed by atoms with Crippen molar-refractivity contribution in [1.82, 2.24) is 19.6 Å². The minimum absolute atomic E-state index is 0.213. The van der Waals surface area contributed by atoms with Gasteiger partial charge in [-0.3, -0.25) is 14.8 Å². The van der Waals surface area contributed by atoms with E-state index in [1.807, 2.05) is 59.7 Å². The molecule has 1 aliphatic rings. The molecule has 204 valence electrons. The fourth-order valence-electron chi connectivity index (χ4n) is 4.28. The second-order valence-corrected chi connectivity index (χ2v) is 11.6. The van der Waals surface area contributed by atoms with E-state index in [1.165, 1.54) is 4.57 Å². The number of aromatic amines is 1. The van der Waals surface area contributed by atoms with Crippen molar-refractivity contribution < 1.29 is 28.6 Å². The Kier molecular flexibility index (Phi) is 6.53. The molecule has 0 saturated heterocycles. The van der Waals surface area contributed by atoms with Gasteiger partial charge in [0.25, 0.3) is 12.2 Å². The molecule has 4 aromatic rings. The van der Waals surface area contributed by atoms with Gasteiger partial charge in [0, 0.05) is 36.0 Å². The third-order valence-electron chi connectivity index (χ3n) is 6.25. The van der Waals surface area contributed by atoms with E-state index >= 15 is 0 Å². The van der Waals surface area contributed by atoms with Gasteiger partial charge >= 0.3 is 12.1 Å². The van der Waals surface area contributed by atoms with E-state index < -0.39 is 5.60 Å². The van der Waals surface area contributed by atoms with Crippen LogP contribution < -0.4 is 15.0 Å². The normalized spacial score (nSPS) is 13.7. The lowest BCUT2D eigenvalue weighted by atomic mass is 9.93. The summed E-state index contributed by atoms with van der Waals surface area (Å²) in [5.74, 6) is 2.21. The van der Waals surface area contributed by atoms with Crippen LogP contribution in [0.25, 0.3) is 10.9 Å². The fraction of sp³-hybridized carbons (Fsp3) is 0.393. The Morgan fingerprint density at radius 2 is 1.90 bits per heavy atom. The summed E-state index contributed by atoms with van der Waals surface area (Å²) in [7, 11) is 0. The van der Waals surface area contributed by atoms with Crippen molar-refractivity contribution in [2.24, 2.45) is 0 Å². The van der Waals surface area contributed by atoms with E-state index in [4.69, 9.17) is 14.0 Å². The summed E-state index contributed by atoms with van der Waals surface area (Å²) < 4.78 is 18.6. The molecule has 0 aliphatic carbocycles. The molecule has 1 aliphatic heterocycles. The number of fused-ring (bicyclic) bond motifs is 2. The Bertz CT molecular complexity index is 1540. The first-order valence-corrected chi connectivity index (χ1v) is 12.8. The molecule has 5 rings (SSSR count). The number of ether oxygens (including phenoxy) is 2. The van der Waals surface area contributed by atoms with Crippen LogP contribution in [0.15, 0.2) is 47.4 Å². The summed E-state index contributed by atoms with van der Waals surface area (Å²) in [6.07, 6.45) is 3.47. The number of anilines is 1.